The Bertz CT molecular complexity index is 1070. The Morgan fingerprint density at radius 2 is 1.59 bits per heavy atom. The van der Waals surface area contributed by atoms with Crippen LogP contribution in [-0.4, -0.2) is 18.4 Å². The average Bonchev–Trinajstić information content (AvgIpc) is 2.77. The topological polar surface area (TPSA) is 93.5 Å². The first-order valence-corrected chi connectivity index (χ1v) is 9.53. The summed E-state index contributed by atoms with van der Waals surface area (Å²) in [6, 6.07) is 18.8. The normalized spacial score (nSPS) is 12.0. The molecule has 0 saturated heterocycles. The summed E-state index contributed by atoms with van der Waals surface area (Å²) in [5.74, 6) is -0.730. The van der Waals surface area contributed by atoms with E-state index in [4.69, 9.17) is 10.5 Å². The predicted molar refractivity (Wildman–Crippen MR) is 114 cm³/mol. The Kier molecular flexibility index (Phi) is 6.99. The van der Waals surface area contributed by atoms with Crippen molar-refractivity contribution >= 4 is 23.2 Å². The smallest absolute Gasteiger partial charge is 0.416 e. The molecule has 1 atom stereocenters. The number of nitrogens with one attached hydrogen (secondary N) is 2. The van der Waals surface area contributed by atoms with E-state index in [0.717, 1.165) is 12.1 Å². The van der Waals surface area contributed by atoms with Crippen LogP contribution in [0.5, 0.6) is 5.75 Å². The lowest BCUT2D eigenvalue weighted by Crippen LogP contribution is -2.27. The summed E-state index contributed by atoms with van der Waals surface area (Å²) in [6.45, 7) is -0.265. The van der Waals surface area contributed by atoms with Crippen LogP contribution in [0.4, 0.5) is 24.5 Å². The number of carbonyl (C=O) groups excluding carboxylic acids is 2. The molecular weight excluding hydrogens is 423 g/mol. The number of primary amides is 1. The highest BCUT2D eigenvalue weighted by molar-refractivity contribution is 5.97. The highest BCUT2D eigenvalue weighted by Crippen LogP contribution is 2.31. The zero-order chi connectivity index (χ0) is 23.1. The summed E-state index contributed by atoms with van der Waals surface area (Å²) in [4.78, 5) is 23.8. The standard InChI is InChI=1S/C23H20F3N3O3/c24-23(25,26)16-7-4-8-18(13-16)29-22(31)21(15-5-2-1-3-6-15)28-17-9-11-19(12-10-17)32-14-20(27)30/h1-13,21,28H,14H2,(H2,27,30)(H,29,31). The van der Waals surface area contributed by atoms with Gasteiger partial charge in [0.2, 0.25) is 0 Å². The Labute approximate surface area is 182 Å². The molecule has 0 aliphatic carbocycles. The second-order valence-corrected chi connectivity index (χ2v) is 6.84. The molecule has 2 amide bonds. The van der Waals surface area contributed by atoms with Gasteiger partial charge in [0.15, 0.2) is 6.61 Å². The zero-order valence-corrected chi connectivity index (χ0v) is 16.7. The van der Waals surface area contributed by atoms with Gasteiger partial charge in [0.05, 0.1) is 5.56 Å². The van der Waals surface area contributed by atoms with Crippen LogP contribution < -0.4 is 21.1 Å². The van der Waals surface area contributed by atoms with Crippen LogP contribution in [0.1, 0.15) is 17.2 Å². The molecule has 0 bridgehead atoms. The second kappa shape index (κ2) is 9.86. The van der Waals surface area contributed by atoms with Crippen LogP contribution in [0.3, 0.4) is 0 Å². The van der Waals surface area contributed by atoms with Crippen molar-refractivity contribution in [1.29, 1.82) is 0 Å². The fourth-order valence-corrected chi connectivity index (χ4v) is 2.90. The third-order valence-electron chi connectivity index (χ3n) is 4.40. The molecule has 166 valence electrons. The number of alkyl halides is 3. The number of hydrogen-bond donors (Lipinski definition) is 3. The van der Waals surface area contributed by atoms with Crippen LogP contribution in [0.15, 0.2) is 78.9 Å². The number of amides is 2. The van der Waals surface area contributed by atoms with E-state index >= 15 is 0 Å². The highest BCUT2D eigenvalue weighted by Gasteiger charge is 2.30. The summed E-state index contributed by atoms with van der Waals surface area (Å²) in [7, 11) is 0. The minimum atomic E-state index is -4.52. The Balaban J connectivity index is 1.79. The van der Waals surface area contributed by atoms with Crippen molar-refractivity contribution in [1.82, 2.24) is 0 Å². The molecule has 0 saturated carbocycles. The number of rotatable bonds is 8. The van der Waals surface area contributed by atoms with Gasteiger partial charge in [-0.3, -0.25) is 9.59 Å². The lowest BCUT2D eigenvalue weighted by Gasteiger charge is -2.20. The van der Waals surface area contributed by atoms with Gasteiger partial charge in [-0.2, -0.15) is 13.2 Å². The maximum absolute atomic E-state index is 13.0. The van der Waals surface area contributed by atoms with E-state index in [-0.39, 0.29) is 12.3 Å². The predicted octanol–water partition coefficient (Wildman–Crippen LogP) is 4.36. The molecule has 0 heterocycles. The number of carbonyl (C=O) groups is 2. The molecule has 32 heavy (non-hydrogen) atoms. The monoisotopic (exact) mass is 443 g/mol. The van der Waals surface area contributed by atoms with Gasteiger partial charge in [-0.25, -0.2) is 0 Å². The molecular formula is C23H20F3N3O3. The third-order valence-corrected chi connectivity index (χ3v) is 4.40. The average molecular weight is 443 g/mol. The van der Waals surface area contributed by atoms with Crippen molar-refractivity contribution in [2.45, 2.75) is 12.2 Å². The van der Waals surface area contributed by atoms with Crippen molar-refractivity contribution in [2.75, 3.05) is 17.2 Å². The van der Waals surface area contributed by atoms with E-state index < -0.39 is 29.6 Å². The van der Waals surface area contributed by atoms with Gasteiger partial charge in [-0.15, -0.1) is 0 Å². The number of anilines is 2. The van der Waals surface area contributed by atoms with Crippen molar-refractivity contribution in [2.24, 2.45) is 5.73 Å². The van der Waals surface area contributed by atoms with Gasteiger partial charge in [0.25, 0.3) is 11.8 Å². The Morgan fingerprint density at radius 3 is 2.22 bits per heavy atom. The molecule has 0 aliphatic rings. The number of nitrogens with two attached hydrogens (primary N) is 1. The second-order valence-electron chi connectivity index (χ2n) is 6.84. The summed E-state index contributed by atoms with van der Waals surface area (Å²) >= 11 is 0. The van der Waals surface area contributed by atoms with Gasteiger partial charge in [-0.05, 0) is 48.0 Å². The van der Waals surface area contributed by atoms with Gasteiger partial charge in [-0.1, -0.05) is 36.4 Å². The molecule has 0 aliphatic heterocycles. The van der Waals surface area contributed by atoms with Gasteiger partial charge in [0, 0.05) is 11.4 Å². The van der Waals surface area contributed by atoms with Crippen LogP contribution in [0.2, 0.25) is 0 Å². The largest absolute Gasteiger partial charge is 0.484 e. The SMILES string of the molecule is NC(=O)COc1ccc(NC(C(=O)Nc2cccc(C(F)(F)F)c2)c2ccccc2)cc1. The van der Waals surface area contributed by atoms with Gasteiger partial charge >= 0.3 is 6.18 Å². The van der Waals surface area contributed by atoms with Crippen LogP contribution in [-0.2, 0) is 15.8 Å². The molecule has 3 rings (SSSR count). The number of ether oxygens (including phenoxy) is 1. The number of benzene rings is 3. The quantitative estimate of drug-likeness (QED) is 0.482. The lowest BCUT2D eigenvalue weighted by molar-refractivity contribution is -0.137. The van der Waals surface area contributed by atoms with Crippen LogP contribution >= 0.6 is 0 Å². The highest BCUT2D eigenvalue weighted by atomic mass is 19.4. The minimum absolute atomic E-state index is 0.0303. The molecule has 6 nitrogen and oxygen atoms in total. The zero-order valence-electron chi connectivity index (χ0n) is 16.7. The number of halogens is 3. The van der Waals surface area contributed by atoms with E-state index in [1.54, 1.807) is 54.6 Å². The fraction of sp³-hybridized carbons (Fsp3) is 0.130. The minimum Gasteiger partial charge on any atom is -0.484 e. The summed E-state index contributed by atoms with van der Waals surface area (Å²) in [5, 5.41) is 5.61. The summed E-state index contributed by atoms with van der Waals surface area (Å²) in [6.07, 6.45) is -4.52. The Morgan fingerprint density at radius 1 is 0.906 bits per heavy atom. The first-order valence-electron chi connectivity index (χ1n) is 9.53. The van der Waals surface area contributed by atoms with E-state index in [9.17, 15) is 22.8 Å². The molecule has 1 unspecified atom stereocenters. The summed E-state index contributed by atoms with van der Waals surface area (Å²) < 4.78 is 44.2. The molecule has 0 radical (unpaired) electrons. The first kappa shape index (κ1) is 22.7. The van der Waals surface area contributed by atoms with Crippen molar-refractivity contribution < 1.29 is 27.5 Å². The molecule has 0 aromatic heterocycles. The van der Waals surface area contributed by atoms with Crippen molar-refractivity contribution in [3.63, 3.8) is 0 Å². The molecule has 0 fully saturated rings. The van der Waals surface area contributed by atoms with Crippen LogP contribution in [0, 0.1) is 0 Å². The molecule has 3 aromatic rings. The van der Waals surface area contributed by atoms with E-state index in [1.807, 2.05) is 0 Å². The van der Waals surface area contributed by atoms with E-state index in [1.165, 1.54) is 12.1 Å². The first-order chi connectivity index (χ1) is 15.2. The van der Waals surface area contributed by atoms with Gasteiger partial charge in [0.1, 0.15) is 11.8 Å². The lowest BCUT2D eigenvalue weighted by atomic mass is 10.1. The maximum atomic E-state index is 13.0. The molecule has 3 aromatic carbocycles. The molecule has 4 N–H and O–H groups in total. The van der Waals surface area contributed by atoms with E-state index in [0.29, 0.717) is 17.0 Å². The van der Waals surface area contributed by atoms with E-state index in [2.05, 4.69) is 10.6 Å². The maximum Gasteiger partial charge on any atom is 0.416 e. The van der Waals surface area contributed by atoms with Crippen molar-refractivity contribution in [3.8, 4) is 5.75 Å². The molecule has 0 spiro atoms. The van der Waals surface area contributed by atoms with Crippen LogP contribution in [0.25, 0.3) is 0 Å². The van der Waals surface area contributed by atoms with Gasteiger partial charge < -0.3 is 21.1 Å². The van der Waals surface area contributed by atoms with Crippen molar-refractivity contribution in [3.05, 3.63) is 90.0 Å². The molecule has 9 heteroatoms. The number of hydrogen-bond acceptors (Lipinski definition) is 4. The third kappa shape index (κ3) is 6.24. The Hall–Kier alpha value is -4.01. The summed E-state index contributed by atoms with van der Waals surface area (Å²) in [5.41, 5.74) is 5.40. The fourth-order valence-electron chi connectivity index (χ4n) is 2.90.